The molecule has 0 heterocycles. The van der Waals surface area contributed by atoms with E-state index < -0.39 is 16.8 Å². The second-order valence-corrected chi connectivity index (χ2v) is 6.40. The summed E-state index contributed by atoms with van der Waals surface area (Å²) in [5.74, 6) is -0.949. The van der Waals surface area contributed by atoms with E-state index in [1.165, 1.54) is 11.1 Å². The van der Waals surface area contributed by atoms with Gasteiger partial charge in [0.15, 0.2) is 0 Å². The quantitative estimate of drug-likeness (QED) is 0.334. The highest BCUT2D eigenvalue weighted by atomic mass is 35.5. The van der Waals surface area contributed by atoms with Crippen molar-refractivity contribution in [1.82, 2.24) is 0 Å². The summed E-state index contributed by atoms with van der Waals surface area (Å²) in [7, 11) is 0. The lowest BCUT2D eigenvalue weighted by Gasteiger charge is -2.05. The van der Waals surface area contributed by atoms with E-state index in [2.05, 4.69) is 19.9 Å². The van der Waals surface area contributed by atoms with Crippen molar-refractivity contribution >= 4 is 35.1 Å². The Bertz CT molecular complexity index is 410. The maximum absolute atomic E-state index is 11.4. The van der Waals surface area contributed by atoms with Gasteiger partial charge in [-0.15, -0.1) is 23.2 Å². The number of rotatable bonds is 10. The predicted molar refractivity (Wildman–Crippen MR) is 89.1 cm³/mol. The molecule has 0 aliphatic heterocycles. The molecule has 0 radical (unpaired) electrons. The van der Waals surface area contributed by atoms with Gasteiger partial charge in [0.2, 0.25) is 0 Å². The van der Waals surface area contributed by atoms with E-state index in [0.29, 0.717) is 0 Å². The van der Waals surface area contributed by atoms with Crippen molar-refractivity contribution in [3.8, 4) is 0 Å². The molecule has 0 amide bonds. The van der Waals surface area contributed by atoms with Crippen LogP contribution in [-0.2, 0) is 19.1 Å². The lowest BCUT2D eigenvalue weighted by atomic mass is 10.1. The van der Waals surface area contributed by atoms with Crippen LogP contribution in [0.3, 0.4) is 0 Å². The highest BCUT2D eigenvalue weighted by Gasteiger charge is 2.10. The average molecular weight is 351 g/mol. The van der Waals surface area contributed by atoms with Crippen LogP contribution in [0, 0.1) is 0 Å². The fourth-order valence-corrected chi connectivity index (χ4v) is 1.60. The number of ether oxygens (including phenoxy) is 2. The molecule has 0 aromatic rings. The van der Waals surface area contributed by atoms with Crippen molar-refractivity contribution in [2.45, 2.75) is 51.3 Å². The van der Waals surface area contributed by atoms with Gasteiger partial charge in [-0.25, -0.2) is 0 Å². The van der Waals surface area contributed by atoms with Gasteiger partial charge in [0.05, 0.1) is 12.8 Å². The summed E-state index contributed by atoms with van der Waals surface area (Å²) in [6.45, 7) is 6.27. The number of carbonyl (C=O) groups excluding carboxylic acids is 2. The number of esters is 2. The molecule has 126 valence electrons. The van der Waals surface area contributed by atoms with Gasteiger partial charge in [-0.3, -0.25) is 9.59 Å². The molecule has 0 saturated heterocycles. The van der Waals surface area contributed by atoms with Crippen LogP contribution in [0.25, 0.3) is 0 Å². The molecule has 0 aliphatic carbocycles. The van der Waals surface area contributed by atoms with Gasteiger partial charge < -0.3 is 9.47 Å². The van der Waals surface area contributed by atoms with Gasteiger partial charge in [-0.05, 0) is 39.7 Å². The van der Waals surface area contributed by atoms with Crippen LogP contribution < -0.4 is 0 Å². The monoisotopic (exact) mass is 350 g/mol. The molecule has 0 saturated carbocycles. The first-order valence-corrected chi connectivity index (χ1v) is 8.07. The molecule has 0 fully saturated rings. The molecule has 22 heavy (non-hydrogen) atoms. The molecule has 0 aromatic carbocycles. The van der Waals surface area contributed by atoms with Crippen LogP contribution >= 0.6 is 23.2 Å². The van der Waals surface area contributed by atoms with Gasteiger partial charge >= 0.3 is 11.9 Å². The SMILES string of the molecule is CC(C)=CCC/C(C)=C\COC(=O)CCC(=O)OCC(Cl)Cl. The average Bonchev–Trinajstić information content (AvgIpc) is 2.42. The number of halogens is 2. The van der Waals surface area contributed by atoms with Crippen LogP contribution in [0.1, 0.15) is 46.5 Å². The molecular formula is C16H24Cl2O4. The summed E-state index contributed by atoms with van der Waals surface area (Å²) in [6, 6.07) is 0. The minimum atomic E-state index is -0.754. The van der Waals surface area contributed by atoms with E-state index in [1.54, 1.807) is 0 Å². The Morgan fingerprint density at radius 2 is 1.55 bits per heavy atom. The van der Waals surface area contributed by atoms with Crippen LogP contribution in [0.4, 0.5) is 0 Å². The summed E-state index contributed by atoms with van der Waals surface area (Å²) in [5, 5.41) is 0. The zero-order chi connectivity index (χ0) is 17.0. The third-order valence-electron chi connectivity index (χ3n) is 2.67. The number of alkyl halides is 2. The first kappa shape index (κ1) is 21.0. The second kappa shape index (κ2) is 12.5. The van der Waals surface area contributed by atoms with E-state index in [4.69, 9.17) is 32.7 Å². The molecule has 0 rings (SSSR count). The number of hydrogen-bond acceptors (Lipinski definition) is 4. The number of allylic oxidation sites excluding steroid dienone is 3. The molecular weight excluding hydrogens is 327 g/mol. The van der Waals surface area contributed by atoms with Crippen molar-refractivity contribution in [3.63, 3.8) is 0 Å². The van der Waals surface area contributed by atoms with E-state index in [0.717, 1.165) is 12.8 Å². The van der Waals surface area contributed by atoms with Crippen molar-refractivity contribution in [1.29, 1.82) is 0 Å². The topological polar surface area (TPSA) is 52.6 Å². The summed E-state index contributed by atoms with van der Waals surface area (Å²) < 4.78 is 9.76. The summed E-state index contributed by atoms with van der Waals surface area (Å²) >= 11 is 10.8. The fraction of sp³-hybridized carbons (Fsp3) is 0.625. The molecule has 6 heteroatoms. The highest BCUT2D eigenvalue weighted by Crippen LogP contribution is 2.07. The first-order valence-electron chi connectivity index (χ1n) is 7.19. The predicted octanol–water partition coefficient (Wildman–Crippen LogP) is 4.35. The lowest BCUT2D eigenvalue weighted by molar-refractivity contribution is -0.149. The fourth-order valence-electron chi connectivity index (χ4n) is 1.47. The van der Waals surface area contributed by atoms with E-state index in [1.807, 2.05) is 13.0 Å². The zero-order valence-corrected chi connectivity index (χ0v) is 14.9. The van der Waals surface area contributed by atoms with Gasteiger partial charge in [0.1, 0.15) is 18.1 Å². The van der Waals surface area contributed by atoms with Crippen molar-refractivity contribution in [2.24, 2.45) is 0 Å². The Balaban J connectivity index is 3.80. The summed E-state index contributed by atoms with van der Waals surface area (Å²) in [4.78, 5) is 21.9. The third-order valence-corrected chi connectivity index (χ3v) is 2.92. The maximum Gasteiger partial charge on any atom is 0.306 e. The second-order valence-electron chi connectivity index (χ2n) is 5.13. The number of carbonyl (C=O) groups is 2. The highest BCUT2D eigenvalue weighted by molar-refractivity contribution is 6.44. The normalized spacial score (nSPS) is 11.3. The Morgan fingerprint density at radius 1 is 0.955 bits per heavy atom. The van der Waals surface area contributed by atoms with Crippen LogP contribution in [-0.4, -0.2) is 30.0 Å². The Morgan fingerprint density at radius 3 is 2.09 bits per heavy atom. The van der Waals surface area contributed by atoms with Crippen molar-refractivity contribution in [2.75, 3.05) is 13.2 Å². The molecule has 0 bridgehead atoms. The molecule has 0 aromatic heterocycles. The van der Waals surface area contributed by atoms with Crippen LogP contribution in [0.15, 0.2) is 23.3 Å². The van der Waals surface area contributed by atoms with E-state index in [9.17, 15) is 9.59 Å². The summed E-state index contributed by atoms with van der Waals surface area (Å²) in [5.41, 5.74) is 2.46. The van der Waals surface area contributed by atoms with Crippen molar-refractivity contribution < 1.29 is 19.1 Å². The van der Waals surface area contributed by atoms with Gasteiger partial charge in [0, 0.05) is 0 Å². The first-order chi connectivity index (χ1) is 10.3. The third kappa shape index (κ3) is 14.0. The smallest absolute Gasteiger partial charge is 0.306 e. The zero-order valence-electron chi connectivity index (χ0n) is 13.4. The lowest BCUT2D eigenvalue weighted by Crippen LogP contribution is -2.13. The molecule has 4 nitrogen and oxygen atoms in total. The molecule has 0 aliphatic rings. The van der Waals surface area contributed by atoms with Crippen LogP contribution in [0.2, 0.25) is 0 Å². The maximum atomic E-state index is 11.4. The van der Waals surface area contributed by atoms with Gasteiger partial charge in [0.25, 0.3) is 0 Å². The minimum Gasteiger partial charge on any atom is -0.463 e. The van der Waals surface area contributed by atoms with E-state index >= 15 is 0 Å². The molecule has 0 N–H and O–H groups in total. The van der Waals surface area contributed by atoms with Gasteiger partial charge in [-0.2, -0.15) is 0 Å². The Labute approximate surface area is 142 Å². The van der Waals surface area contributed by atoms with Crippen LogP contribution in [0.5, 0.6) is 0 Å². The molecule has 0 atom stereocenters. The molecule has 0 unspecified atom stereocenters. The number of hydrogen-bond donors (Lipinski definition) is 0. The van der Waals surface area contributed by atoms with Crippen molar-refractivity contribution in [3.05, 3.63) is 23.3 Å². The largest absolute Gasteiger partial charge is 0.463 e. The Kier molecular flexibility index (Phi) is 12.0. The van der Waals surface area contributed by atoms with Gasteiger partial charge in [-0.1, -0.05) is 17.2 Å². The molecule has 0 spiro atoms. The summed E-state index contributed by atoms with van der Waals surface area (Å²) in [6.07, 6.45) is 5.91. The Hall–Kier alpha value is -1.00. The minimum absolute atomic E-state index is 0.0152. The van der Waals surface area contributed by atoms with E-state index in [-0.39, 0.29) is 26.1 Å². The standard InChI is InChI=1S/C16H24Cl2O4/c1-12(2)5-4-6-13(3)9-10-21-15(19)7-8-16(20)22-11-14(17)18/h5,9,14H,4,6-8,10-11H2,1-3H3/b13-9-.